The predicted molar refractivity (Wildman–Crippen MR) is 105 cm³/mol. The quantitative estimate of drug-likeness (QED) is 0.716. The molecule has 0 saturated carbocycles. The van der Waals surface area contributed by atoms with Crippen LogP contribution in [-0.2, 0) is 11.2 Å². The number of amides is 1. The number of carbonyl (C=O) groups excluding carboxylic acids is 1. The Hall–Kier alpha value is -2.76. The molecule has 1 atom stereocenters. The van der Waals surface area contributed by atoms with Gasteiger partial charge in [-0.25, -0.2) is 4.39 Å². The lowest BCUT2D eigenvalue weighted by Gasteiger charge is -2.27. The third kappa shape index (κ3) is 4.21. The third-order valence-corrected chi connectivity index (χ3v) is 5.21. The summed E-state index contributed by atoms with van der Waals surface area (Å²) in [6.07, 6.45) is 2.63. The summed E-state index contributed by atoms with van der Waals surface area (Å²) >= 11 is 0. The van der Waals surface area contributed by atoms with Gasteiger partial charge in [-0.1, -0.05) is 6.07 Å². The summed E-state index contributed by atoms with van der Waals surface area (Å²) in [5.41, 5.74) is 1.74. The Morgan fingerprint density at radius 3 is 2.50 bits per heavy atom. The van der Waals surface area contributed by atoms with Crippen LogP contribution in [0, 0.1) is 5.82 Å². The van der Waals surface area contributed by atoms with Gasteiger partial charge in [0.25, 0.3) is 0 Å². The van der Waals surface area contributed by atoms with Crippen LogP contribution >= 0.6 is 0 Å². The van der Waals surface area contributed by atoms with Crippen LogP contribution in [0.5, 0.6) is 17.2 Å². The highest BCUT2D eigenvalue weighted by molar-refractivity contribution is 5.77. The van der Waals surface area contributed by atoms with E-state index in [1.165, 1.54) is 13.2 Å². The molecule has 1 heterocycles. The van der Waals surface area contributed by atoms with Crippen LogP contribution in [-0.4, -0.2) is 38.7 Å². The average molecular weight is 387 g/mol. The maximum atomic E-state index is 13.9. The van der Waals surface area contributed by atoms with Crippen molar-refractivity contribution in [2.24, 2.45) is 0 Å². The zero-order valence-electron chi connectivity index (χ0n) is 16.5. The van der Waals surface area contributed by atoms with E-state index in [1.54, 1.807) is 26.4 Å². The number of likely N-dealkylation sites (tertiary alicyclic amines) is 1. The highest BCUT2D eigenvalue weighted by Crippen LogP contribution is 2.39. The largest absolute Gasteiger partial charge is 0.497 e. The summed E-state index contributed by atoms with van der Waals surface area (Å²) < 4.78 is 29.6. The zero-order valence-corrected chi connectivity index (χ0v) is 16.5. The Morgan fingerprint density at radius 2 is 1.82 bits per heavy atom. The average Bonchev–Trinajstić information content (AvgIpc) is 3.21. The SMILES string of the molecule is COc1ccc(OC)c(C2CCCN2C(=O)CCc2ccc(OC)c(F)c2)c1. The number of hydrogen-bond donors (Lipinski definition) is 0. The first-order chi connectivity index (χ1) is 13.6. The smallest absolute Gasteiger partial charge is 0.223 e. The standard InChI is InChI=1S/C22H26FNO4/c1-26-16-8-10-20(27-2)17(14-16)19-5-4-12-24(19)22(25)11-7-15-6-9-21(28-3)18(23)13-15/h6,8-10,13-14,19H,4-5,7,11-12H2,1-3H3. The van der Waals surface area contributed by atoms with Crippen LogP contribution in [0.15, 0.2) is 36.4 Å². The zero-order chi connectivity index (χ0) is 20.1. The monoisotopic (exact) mass is 387 g/mol. The lowest BCUT2D eigenvalue weighted by atomic mass is 10.0. The lowest BCUT2D eigenvalue weighted by Crippen LogP contribution is -2.31. The minimum absolute atomic E-state index is 0.0369. The molecule has 1 fully saturated rings. The molecule has 5 nitrogen and oxygen atoms in total. The molecular formula is C22H26FNO4. The van der Waals surface area contributed by atoms with Crippen LogP contribution in [0.1, 0.15) is 36.4 Å². The highest BCUT2D eigenvalue weighted by atomic mass is 19.1. The first kappa shape index (κ1) is 20.0. The summed E-state index contributed by atoms with van der Waals surface area (Å²) in [5, 5.41) is 0. The van der Waals surface area contributed by atoms with Crippen molar-refractivity contribution >= 4 is 5.91 Å². The van der Waals surface area contributed by atoms with Gasteiger partial charge in [0.2, 0.25) is 5.91 Å². The Morgan fingerprint density at radius 1 is 1.07 bits per heavy atom. The van der Waals surface area contributed by atoms with Gasteiger partial charge >= 0.3 is 0 Å². The van der Waals surface area contributed by atoms with Gasteiger partial charge in [0.1, 0.15) is 11.5 Å². The number of hydrogen-bond acceptors (Lipinski definition) is 4. The van der Waals surface area contributed by atoms with Crippen molar-refractivity contribution in [1.29, 1.82) is 0 Å². The van der Waals surface area contributed by atoms with E-state index in [1.807, 2.05) is 23.1 Å². The second-order valence-corrected chi connectivity index (χ2v) is 6.82. The van der Waals surface area contributed by atoms with Crippen molar-refractivity contribution in [2.45, 2.75) is 31.7 Å². The van der Waals surface area contributed by atoms with Crippen molar-refractivity contribution in [3.8, 4) is 17.2 Å². The van der Waals surface area contributed by atoms with Crippen molar-refractivity contribution in [2.75, 3.05) is 27.9 Å². The fourth-order valence-corrected chi connectivity index (χ4v) is 3.75. The van der Waals surface area contributed by atoms with E-state index in [0.29, 0.717) is 19.4 Å². The van der Waals surface area contributed by atoms with Crippen LogP contribution in [0.3, 0.4) is 0 Å². The van der Waals surface area contributed by atoms with Gasteiger partial charge in [-0.3, -0.25) is 4.79 Å². The van der Waals surface area contributed by atoms with E-state index in [2.05, 4.69) is 0 Å². The van der Waals surface area contributed by atoms with Crippen molar-refractivity contribution in [1.82, 2.24) is 4.90 Å². The molecule has 0 radical (unpaired) electrons. The third-order valence-electron chi connectivity index (χ3n) is 5.21. The van der Waals surface area contributed by atoms with E-state index >= 15 is 0 Å². The van der Waals surface area contributed by atoms with E-state index in [-0.39, 0.29) is 17.7 Å². The molecular weight excluding hydrogens is 361 g/mol. The van der Waals surface area contributed by atoms with E-state index in [4.69, 9.17) is 14.2 Å². The van der Waals surface area contributed by atoms with Gasteiger partial charge in [0.15, 0.2) is 11.6 Å². The van der Waals surface area contributed by atoms with E-state index < -0.39 is 5.82 Å². The predicted octanol–water partition coefficient (Wildman–Crippen LogP) is 4.15. The molecule has 0 bridgehead atoms. The number of nitrogens with zero attached hydrogens (tertiary/aromatic N) is 1. The second kappa shape index (κ2) is 8.95. The lowest BCUT2D eigenvalue weighted by molar-refractivity contribution is -0.132. The van der Waals surface area contributed by atoms with Gasteiger partial charge in [-0.05, 0) is 55.2 Å². The highest BCUT2D eigenvalue weighted by Gasteiger charge is 2.31. The molecule has 0 spiro atoms. The topological polar surface area (TPSA) is 48.0 Å². The van der Waals surface area contributed by atoms with Crippen molar-refractivity contribution in [3.63, 3.8) is 0 Å². The van der Waals surface area contributed by atoms with E-state index in [9.17, 15) is 9.18 Å². The fourth-order valence-electron chi connectivity index (χ4n) is 3.75. The molecule has 3 rings (SSSR count). The minimum atomic E-state index is -0.410. The Bertz CT molecular complexity index is 839. The molecule has 1 aliphatic heterocycles. The summed E-state index contributed by atoms with van der Waals surface area (Å²) in [5.74, 6) is 1.35. The molecule has 1 saturated heterocycles. The number of methoxy groups -OCH3 is 3. The minimum Gasteiger partial charge on any atom is -0.497 e. The van der Waals surface area contributed by atoms with Crippen molar-refractivity contribution < 1.29 is 23.4 Å². The first-order valence-electron chi connectivity index (χ1n) is 9.41. The van der Waals surface area contributed by atoms with Gasteiger partial charge in [-0.2, -0.15) is 0 Å². The Balaban J connectivity index is 1.72. The molecule has 1 aliphatic rings. The first-order valence-corrected chi connectivity index (χ1v) is 9.41. The number of rotatable bonds is 7. The van der Waals surface area contributed by atoms with Gasteiger partial charge < -0.3 is 19.1 Å². The number of ether oxygens (including phenoxy) is 3. The van der Waals surface area contributed by atoms with Crippen LogP contribution in [0.2, 0.25) is 0 Å². The fraction of sp³-hybridized carbons (Fsp3) is 0.409. The molecule has 2 aromatic rings. The maximum Gasteiger partial charge on any atom is 0.223 e. The maximum absolute atomic E-state index is 13.9. The molecule has 1 amide bonds. The number of carbonyl (C=O) groups is 1. The summed E-state index contributed by atoms with van der Waals surface area (Å²) in [7, 11) is 4.68. The molecule has 0 N–H and O–H groups in total. The molecule has 1 unspecified atom stereocenters. The molecule has 0 aromatic heterocycles. The second-order valence-electron chi connectivity index (χ2n) is 6.82. The number of aryl methyl sites for hydroxylation is 1. The van der Waals surface area contributed by atoms with Gasteiger partial charge in [0, 0.05) is 18.5 Å². The van der Waals surface area contributed by atoms with Gasteiger partial charge in [-0.15, -0.1) is 0 Å². The molecule has 6 heteroatoms. The molecule has 150 valence electrons. The molecule has 28 heavy (non-hydrogen) atoms. The van der Waals surface area contributed by atoms with Crippen LogP contribution in [0.25, 0.3) is 0 Å². The molecule has 0 aliphatic carbocycles. The van der Waals surface area contributed by atoms with Gasteiger partial charge in [0.05, 0.1) is 27.4 Å². The van der Waals surface area contributed by atoms with Crippen LogP contribution < -0.4 is 14.2 Å². The molecule has 2 aromatic carbocycles. The van der Waals surface area contributed by atoms with Crippen LogP contribution in [0.4, 0.5) is 4.39 Å². The Kier molecular flexibility index (Phi) is 6.39. The van der Waals surface area contributed by atoms with Crippen molar-refractivity contribution in [3.05, 3.63) is 53.3 Å². The Labute approximate surface area is 165 Å². The summed E-state index contributed by atoms with van der Waals surface area (Å²) in [6, 6.07) is 10.4. The normalized spacial score (nSPS) is 16.1. The number of halogens is 1. The summed E-state index contributed by atoms with van der Waals surface area (Å²) in [6.45, 7) is 0.709. The number of benzene rings is 2. The van der Waals surface area contributed by atoms with E-state index in [0.717, 1.165) is 35.5 Å². The summed E-state index contributed by atoms with van der Waals surface area (Å²) in [4.78, 5) is 14.8.